The molecule has 0 saturated heterocycles. The van der Waals surface area contributed by atoms with Crippen LogP contribution in [0.1, 0.15) is 16.5 Å². The third-order valence-corrected chi connectivity index (χ3v) is 2.31. The van der Waals surface area contributed by atoms with E-state index in [1.807, 2.05) is 18.2 Å². The smallest absolute Gasteiger partial charge is 0.0856 e. The van der Waals surface area contributed by atoms with Gasteiger partial charge in [-0.05, 0) is 17.2 Å². The van der Waals surface area contributed by atoms with Gasteiger partial charge in [-0.15, -0.1) is 11.6 Å². The molecule has 0 spiro atoms. The third kappa shape index (κ3) is 0.908. The van der Waals surface area contributed by atoms with Gasteiger partial charge in [0.1, 0.15) is 0 Å². The van der Waals surface area contributed by atoms with Crippen LogP contribution in [0.2, 0.25) is 5.02 Å². The zero-order valence-electron chi connectivity index (χ0n) is 5.07. The average Bonchev–Trinajstić information content (AvgIpc) is 2.45. The maximum absolute atomic E-state index is 5.80. The molecule has 0 fully saturated rings. The molecule has 1 nitrogen and oxygen atoms in total. The van der Waals surface area contributed by atoms with Crippen molar-refractivity contribution in [2.75, 3.05) is 0 Å². The molecule has 0 radical (unpaired) electrons. The molecule has 1 atom stereocenters. The molecule has 0 aromatic heterocycles. The summed E-state index contributed by atoms with van der Waals surface area (Å²) in [5.41, 5.74) is 2.30. The molecule has 0 heterocycles. The SMILES string of the molecule is Clc1cccc2c1C2Cl.O. The number of hydrogen-bond donors (Lipinski definition) is 0. The fourth-order valence-electron chi connectivity index (χ4n) is 0.969. The zero-order chi connectivity index (χ0) is 6.43. The summed E-state index contributed by atoms with van der Waals surface area (Å²) in [6, 6.07) is 5.78. The van der Waals surface area contributed by atoms with Crippen molar-refractivity contribution >= 4 is 23.2 Å². The third-order valence-electron chi connectivity index (χ3n) is 1.53. The summed E-state index contributed by atoms with van der Waals surface area (Å²) in [5, 5.41) is 0.903. The summed E-state index contributed by atoms with van der Waals surface area (Å²) in [5.74, 6) is 0. The van der Waals surface area contributed by atoms with E-state index in [1.54, 1.807) is 0 Å². The highest BCUT2D eigenvalue weighted by Crippen LogP contribution is 2.50. The highest BCUT2D eigenvalue weighted by atomic mass is 35.5. The second-order valence-corrected chi connectivity index (χ2v) is 2.95. The summed E-state index contributed by atoms with van der Waals surface area (Å²) in [4.78, 5) is 0. The Morgan fingerprint density at radius 2 is 2.00 bits per heavy atom. The minimum absolute atomic E-state index is 0. The monoisotopic (exact) mass is 176 g/mol. The van der Waals surface area contributed by atoms with E-state index < -0.39 is 0 Å². The molecule has 0 bridgehead atoms. The first-order chi connectivity index (χ1) is 4.30. The number of fused-ring (bicyclic) bond motifs is 1. The Balaban J connectivity index is 0.000000500. The summed E-state index contributed by atoms with van der Waals surface area (Å²) >= 11 is 11.6. The summed E-state index contributed by atoms with van der Waals surface area (Å²) in [6.45, 7) is 0. The van der Waals surface area contributed by atoms with Crippen LogP contribution in [-0.2, 0) is 0 Å². The molecule has 0 aliphatic heterocycles. The maximum Gasteiger partial charge on any atom is 0.0856 e. The van der Waals surface area contributed by atoms with Crippen molar-refractivity contribution < 1.29 is 5.48 Å². The number of hydrogen-bond acceptors (Lipinski definition) is 0. The number of halogens is 2. The molecule has 1 aliphatic rings. The van der Waals surface area contributed by atoms with Gasteiger partial charge in [-0.3, -0.25) is 0 Å². The van der Waals surface area contributed by atoms with Gasteiger partial charge >= 0.3 is 0 Å². The van der Waals surface area contributed by atoms with Gasteiger partial charge in [0.05, 0.1) is 5.38 Å². The summed E-state index contributed by atoms with van der Waals surface area (Å²) < 4.78 is 0. The quantitative estimate of drug-likeness (QED) is 0.543. The van der Waals surface area contributed by atoms with Gasteiger partial charge in [-0.25, -0.2) is 0 Å². The molecule has 2 N–H and O–H groups in total. The first-order valence-electron chi connectivity index (χ1n) is 2.73. The Labute approximate surface area is 68.9 Å². The molecule has 54 valence electrons. The molecule has 10 heavy (non-hydrogen) atoms. The van der Waals surface area contributed by atoms with Crippen molar-refractivity contribution in [3.63, 3.8) is 0 Å². The van der Waals surface area contributed by atoms with E-state index in [1.165, 1.54) is 5.56 Å². The van der Waals surface area contributed by atoms with Crippen molar-refractivity contribution in [1.82, 2.24) is 0 Å². The van der Waals surface area contributed by atoms with Crippen molar-refractivity contribution in [1.29, 1.82) is 0 Å². The first-order valence-corrected chi connectivity index (χ1v) is 3.54. The molecule has 3 heteroatoms. The highest BCUT2D eigenvalue weighted by Gasteiger charge is 2.32. The van der Waals surface area contributed by atoms with E-state index in [9.17, 15) is 0 Å². The van der Waals surface area contributed by atoms with E-state index in [-0.39, 0.29) is 10.9 Å². The van der Waals surface area contributed by atoms with Crippen LogP contribution in [0, 0.1) is 0 Å². The van der Waals surface area contributed by atoms with Crippen LogP contribution in [0.5, 0.6) is 0 Å². The van der Waals surface area contributed by atoms with E-state index >= 15 is 0 Å². The van der Waals surface area contributed by atoms with Crippen LogP contribution < -0.4 is 0 Å². The first kappa shape index (κ1) is 7.86. The van der Waals surface area contributed by atoms with Crippen molar-refractivity contribution in [3.05, 3.63) is 34.3 Å². The standard InChI is InChI=1S/C7H4Cl2.H2O/c8-5-3-1-2-4-6(5)7(4)9;/h1-3,7H;1H2. The number of rotatable bonds is 0. The lowest BCUT2D eigenvalue weighted by Crippen LogP contribution is -1.56. The van der Waals surface area contributed by atoms with Crippen LogP contribution in [0.15, 0.2) is 18.2 Å². The zero-order valence-corrected chi connectivity index (χ0v) is 6.58. The Hall–Kier alpha value is -0.240. The Kier molecular flexibility index (Phi) is 1.90. The lowest BCUT2D eigenvalue weighted by Gasteiger charge is -1.79. The predicted molar refractivity (Wildman–Crippen MR) is 42.8 cm³/mol. The molecule has 2 rings (SSSR count). The molecule has 1 aliphatic carbocycles. The molecular weight excluding hydrogens is 171 g/mol. The van der Waals surface area contributed by atoms with Crippen molar-refractivity contribution in [3.8, 4) is 0 Å². The van der Waals surface area contributed by atoms with Gasteiger partial charge in [0, 0.05) is 5.02 Å². The second kappa shape index (κ2) is 2.42. The minimum Gasteiger partial charge on any atom is -0.412 e. The van der Waals surface area contributed by atoms with E-state index in [0.29, 0.717) is 0 Å². The van der Waals surface area contributed by atoms with Gasteiger partial charge < -0.3 is 5.48 Å². The number of alkyl halides is 1. The Morgan fingerprint density at radius 3 is 2.50 bits per heavy atom. The van der Waals surface area contributed by atoms with Crippen LogP contribution in [-0.4, -0.2) is 5.48 Å². The summed E-state index contributed by atoms with van der Waals surface area (Å²) in [7, 11) is 0. The largest absolute Gasteiger partial charge is 0.412 e. The average molecular weight is 177 g/mol. The van der Waals surface area contributed by atoms with Gasteiger partial charge in [-0.2, -0.15) is 0 Å². The molecule has 0 saturated carbocycles. The Morgan fingerprint density at radius 1 is 1.30 bits per heavy atom. The van der Waals surface area contributed by atoms with Crippen LogP contribution in [0.4, 0.5) is 0 Å². The Bertz CT molecular complexity index is 260. The fourth-order valence-corrected chi connectivity index (χ4v) is 1.69. The minimum atomic E-state index is 0. The van der Waals surface area contributed by atoms with Gasteiger partial charge in [-0.1, -0.05) is 23.7 Å². The lowest BCUT2D eigenvalue weighted by molar-refractivity contribution is 0.824. The van der Waals surface area contributed by atoms with Gasteiger partial charge in [0.2, 0.25) is 0 Å². The van der Waals surface area contributed by atoms with E-state index in [4.69, 9.17) is 23.2 Å². The van der Waals surface area contributed by atoms with E-state index in [2.05, 4.69) is 0 Å². The van der Waals surface area contributed by atoms with Crippen LogP contribution >= 0.6 is 23.2 Å². The van der Waals surface area contributed by atoms with Gasteiger partial charge in [0.15, 0.2) is 0 Å². The van der Waals surface area contributed by atoms with Crippen LogP contribution in [0.3, 0.4) is 0 Å². The molecular formula is C7H6Cl2O. The predicted octanol–water partition coefficient (Wildman–Crippen LogP) is 2.16. The second-order valence-electron chi connectivity index (χ2n) is 2.11. The lowest BCUT2D eigenvalue weighted by atomic mass is 10.4. The maximum atomic E-state index is 5.80. The van der Waals surface area contributed by atoms with Crippen molar-refractivity contribution in [2.45, 2.75) is 5.38 Å². The highest BCUT2D eigenvalue weighted by molar-refractivity contribution is 6.35. The fraction of sp³-hybridized carbons (Fsp3) is 0.143. The van der Waals surface area contributed by atoms with Gasteiger partial charge in [0.25, 0.3) is 0 Å². The normalized spacial score (nSPS) is 19.2. The van der Waals surface area contributed by atoms with Crippen LogP contribution in [0.25, 0.3) is 0 Å². The topological polar surface area (TPSA) is 31.5 Å². The molecule has 1 aromatic rings. The molecule has 1 aromatic carbocycles. The molecule has 0 amide bonds. The number of benzene rings is 1. The van der Waals surface area contributed by atoms with E-state index in [0.717, 1.165) is 10.6 Å². The summed E-state index contributed by atoms with van der Waals surface area (Å²) in [6.07, 6.45) is 0. The van der Waals surface area contributed by atoms with Crippen molar-refractivity contribution in [2.24, 2.45) is 0 Å². The molecule has 1 unspecified atom stereocenters.